The minimum atomic E-state index is 0.175. The van der Waals surface area contributed by atoms with Gasteiger partial charge in [-0.2, -0.15) is 0 Å². The smallest absolute Gasteiger partial charge is 0.124 e. The van der Waals surface area contributed by atoms with Crippen molar-refractivity contribution >= 4 is 5.71 Å². The van der Waals surface area contributed by atoms with Crippen LogP contribution in [0.25, 0.3) is 0 Å². The van der Waals surface area contributed by atoms with Gasteiger partial charge in [0.1, 0.15) is 5.75 Å². The quantitative estimate of drug-likeness (QED) is 0.150. The number of rotatable bonds is 15. The Bertz CT molecular complexity index is 511. The molecule has 1 rings (SSSR count). The zero-order valence-electron chi connectivity index (χ0n) is 17.0. The van der Waals surface area contributed by atoms with E-state index in [2.05, 4.69) is 12.1 Å². The van der Waals surface area contributed by atoms with Gasteiger partial charge in [0.15, 0.2) is 0 Å². The van der Waals surface area contributed by atoms with Crippen LogP contribution < -0.4 is 0 Å². The lowest BCUT2D eigenvalue weighted by atomic mass is 10.0. The lowest BCUT2D eigenvalue weighted by molar-refractivity contribution is 0.318. The van der Waals surface area contributed by atoms with Crippen LogP contribution >= 0.6 is 0 Å². The normalized spacial score (nSPS) is 11.8. The first-order valence-corrected chi connectivity index (χ1v) is 10.7. The highest BCUT2D eigenvalue weighted by Gasteiger charge is 2.06. The third kappa shape index (κ3) is 9.84. The van der Waals surface area contributed by atoms with Crippen LogP contribution in [0.1, 0.15) is 108 Å². The molecule has 3 heteroatoms. The second-order valence-electron chi connectivity index (χ2n) is 7.53. The standard InChI is InChI=1S/C23H39NO2/c1-3-4-5-6-7-8-9-10-11-12-13-14-15-16-21-17-18-23(25)22(19-21)20(2)24-26/h17-19,25-26H,3-16H2,1-2H3/b24-20+. The maximum atomic E-state index is 9.83. The van der Waals surface area contributed by atoms with Gasteiger partial charge < -0.3 is 10.3 Å². The van der Waals surface area contributed by atoms with E-state index in [0.29, 0.717) is 11.3 Å². The summed E-state index contributed by atoms with van der Waals surface area (Å²) in [5.41, 5.74) is 2.28. The van der Waals surface area contributed by atoms with E-state index in [0.717, 1.165) is 6.42 Å². The molecule has 0 unspecified atom stereocenters. The average Bonchev–Trinajstić information content (AvgIpc) is 2.66. The molecule has 3 nitrogen and oxygen atoms in total. The zero-order valence-corrected chi connectivity index (χ0v) is 17.0. The van der Waals surface area contributed by atoms with Gasteiger partial charge in [-0.25, -0.2) is 0 Å². The molecule has 1 aromatic carbocycles. The van der Waals surface area contributed by atoms with Crippen LogP contribution in [-0.2, 0) is 6.42 Å². The molecule has 0 saturated carbocycles. The van der Waals surface area contributed by atoms with Crippen molar-refractivity contribution in [1.82, 2.24) is 0 Å². The number of unbranched alkanes of at least 4 members (excludes halogenated alkanes) is 12. The number of benzene rings is 1. The molecule has 26 heavy (non-hydrogen) atoms. The van der Waals surface area contributed by atoms with Crippen molar-refractivity contribution in [3.8, 4) is 5.75 Å². The molecular formula is C23H39NO2. The number of hydrogen-bond donors (Lipinski definition) is 2. The maximum absolute atomic E-state index is 9.83. The molecule has 0 saturated heterocycles. The third-order valence-electron chi connectivity index (χ3n) is 5.17. The highest BCUT2D eigenvalue weighted by Crippen LogP contribution is 2.21. The summed E-state index contributed by atoms with van der Waals surface area (Å²) in [6.45, 7) is 3.97. The number of oxime groups is 1. The minimum absolute atomic E-state index is 0.175. The Kier molecular flexibility index (Phi) is 12.7. The summed E-state index contributed by atoms with van der Waals surface area (Å²) >= 11 is 0. The third-order valence-corrected chi connectivity index (χ3v) is 5.17. The molecule has 0 bridgehead atoms. The Hall–Kier alpha value is -1.51. The molecule has 0 aromatic heterocycles. The van der Waals surface area contributed by atoms with Crippen molar-refractivity contribution in [3.05, 3.63) is 29.3 Å². The number of nitrogens with zero attached hydrogens (tertiary/aromatic N) is 1. The van der Waals surface area contributed by atoms with Crippen molar-refractivity contribution in [3.63, 3.8) is 0 Å². The van der Waals surface area contributed by atoms with E-state index in [1.807, 2.05) is 12.1 Å². The SMILES string of the molecule is CCCCCCCCCCCCCCCc1ccc(O)c(/C(C)=N/O)c1. The van der Waals surface area contributed by atoms with Crippen LogP contribution in [0.2, 0.25) is 0 Å². The Morgan fingerprint density at radius 3 is 1.81 bits per heavy atom. The molecular weight excluding hydrogens is 322 g/mol. The summed E-state index contributed by atoms with van der Waals surface area (Å²) in [6, 6.07) is 5.59. The van der Waals surface area contributed by atoms with Gasteiger partial charge in [-0.1, -0.05) is 95.2 Å². The fraction of sp³-hybridized carbons (Fsp3) is 0.696. The van der Waals surface area contributed by atoms with Crippen molar-refractivity contribution in [1.29, 1.82) is 0 Å². The van der Waals surface area contributed by atoms with Crippen molar-refractivity contribution in [2.75, 3.05) is 0 Å². The van der Waals surface area contributed by atoms with Crippen molar-refractivity contribution in [2.45, 2.75) is 104 Å². The van der Waals surface area contributed by atoms with Gasteiger partial charge in [0, 0.05) is 5.56 Å². The van der Waals surface area contributed by atoms with Gasteiger partial charge >= 0.3 is 0 Å². The van der Waals surface area contributed by atoms with E-state index in [1.54, 1.807) is 13.0 Å². The van der Waals surface area contributed by atoms with Gasteiger partial charge in [0.05, 0.1) is 5.71 Å². The number of aromatic hydroxyl groups is 1. The topological polar surface area (TPSA) is 52.8 Å². The predicted octanol–water partition coefficient (Wildman–Crippen LogP) is 7.22. The lowest BCUT2D eigenvalue weighted by Gasteiger charge is -2.07. The monoisotopic (exact) mass is 361 g/mol. The predicted molar refractivity (Wildman–Crippen MR) is 112 cm³/mol. The van der Waals surface area contributed by atoms with E-state index >= 15 is 0 Å². The van der Waals surface area contributed by atoms with Crippen molar-refractivity contribution < 1.29 is 10.3 Å². The van der Waals surface area contributed by atoms with E-state index in [-0.39, 0.29) is 5.75 Å². The molecule has 0 aliphatic heterocycles. The number of phenols is 1. The minimum Gasteiger partial charge on any atom is -0.507 e. The van der Waals surface area contributed by atoms with E-state index < -0.39 is 0 Å². The summed E-state index contributed by atoms with van der Waals surface area (Å²) < 4.78 is 0. The second-order valence-corrected chi connectivity index (χ2v) is 7.53. The van der Waals surface area contributed by atoms with Crippen LogP contribution in [0, 0.1) is 0 Å². The Morgan fingerprint density at radius 1 is 0.808 bits per heavy atom. The molecule has 0 radical (unpaired) electrons. The summed E-state index contributed by atoms with van der Waals surface area (Å²) in [4.78, 5) is 0. The van der Waals surface area contributed by atoms with Crippen LogP contribution in [0.15, 0.2) is 23.4 Å². The van der Waals surface area contributed by atoms with Gasteiger partial charge in [0.25, 0.3) is 0 Å². The Balaban J connectivity index is 2.03. The molecule has 0 amide bonds. The first-order chi connectivity index (χ1) is 12.7. The number of aryl methyl sites for hydroxylation is 1. The largest absolute Gasteiger partial charge is 0.507 e. The van der Waals surface area contributed by atoms with Crippen LogP contribution in [-0.4, -0.2) is 16.0 Å². The van der Waals surface area contributed by atoms with Crippen LogP contribution in [0.5, 0.6) is 5.75 Å². The first kappa shape index (κ1) is 22.5. The molecule has 0 aliphatic carbocycles. The van der Waals surface area contributed by atoms with Crippen molar-refractivity contribution in [2.24, 2.45) is 5.16 Å². The fourth-order valence-electron chi connectivity index (χ4n) is 3.43. The van der Waals surface area contributed by atoms with Crippen LogP contribution in [0.3, 0.4) is 0 Å². The molecule has 2 N–H and O–H groups in total. The first-order valence-electron chi connectivity index (χ1n) is 10.7. The molecule has 1 aromatic rings. The fourth-order valence-corrected chi connectivity index (χ4v) is 3.43. The number of hydrogen-bond acceptors (Lipinski definition) is 3. The summed E-state index contributed by atoms with van der Waals surface area (Å²) in [5, 5.41) is 21.9. The summed E-state index contributed by atoms with van der Waals surface area (Å²) in [6.07, 6.45) is 18.8. The van der Waals surface area contributed by atoms with E-state index in [9.17, 15) is 5.11 Å². The molecule has 0 atom stereocenters. The zero-order chi connectivity index (χ0) is 19.0. The summed E-state index contributed by atoms with van der Waals surface area (Å²) in [7, 11) is 0. The Morgan fingerprint density at radius 2 is 1.31 bits per heavy atom. The molecule has 0 aliphatic rings. The van der Waals surface area contributed by atoms with E-state index in [1.165, 1.54) is 89.0 Å². The van der Waals surface area contributed by atoms with Gasteiger partial charge in [0.2, 0.25) is 0 Å². The molecule has 148 valence electrons. The molecule has 0 fully saturated rings. The highest BCUT2D eigenvalue weighted by atomic mass is 16.4. The highest BCUT2D eigenvalue weighted by molar-refractivity contribution is 6.00. The van der Waals surface area contributed by atoms with Gasteiger partial charge in [-0.05, 0) is 37.5 Å². The number of phenolic OH excluding ortho intramolecular Hbond substituents is 1. The summed E-state index contributed by atoms with van der Waals surface area (Å²) in [5.74, 6) is 0.175. The van der Waals surface area contributed by atoms with E-state index in [4.69, 9.17) is 5.21 Å². The Labute approximate surface area is 160 Å². The maximum Gasteiger partial charge on any atom is 0.124 e. The molecule has 0 heterocycles. The average molecular weight is 362 g/mol. The second kappa shape index (κ2) is 14.6. The molecule has 0 spiro atoms. The van der Waals surface area contributed by atoms with Gasteiger partial charge in [-0.3, -0.25) is 0 Å². The lowest BCUT2D eigenvalue weighted by Crippen LogP contribution is -1.97. The van der Waals surface area contributed by atoms with Gasteiger partial charge in [-0.15, -0.1) is 0 Å². The van der Waals surface area contributed by atoms with Crippen LogP contribution in [0.4, 0.5) is 0 Å².